The van der Waals surface area contributed by atoms with Crippen LogP contribution in [0, 0.1) is 0 Å². The molecule has 1 aliphatic heterocycles. The molecule has 0 radical (unpaired) electrons. The van der Waals surface area contributed by atoms with Gasteiger partial charge in [-0.3, -0.25) is 10.1 Å². The average Bonchev–Trinajstić information content (AvgIpc) is 2.85. The van der Waals surface area contributed by atoms with E-state index in [1.54, 1.807) is 6.07 Å². The van der Waals surface area contributed by atoms with Gasteiger partial charge in [-0.05, 0) is 35.0 Å². The molecule has 120 valence electrons. The smallest absolute Gasteiger partial charge is 0.338 e. The zero-order valence-corrected chi connectivity index (χ0v) is 13.4. The number of anilines is 1. The molecule has 0 aromatic heterocycles. The largest absolute Gasteiger partial charge is 0.378 e. The summed E-state index contributed by atoms with van der Waals surface area (Å²) >= 11 is 0. The predicted octanol–water partition coefficient (Wildman–Crippen LogP) is 1.15. The maximum absolute atomic E-state index is 12.5. The van der Waals surface area contributed by atoms with Gasteiger partial charge in [-0.2, -0.15) is 0 Å². The average molecular weight is 333 g/mol. The summed E-state index contributed by atoms with van der Waals surface area (Å²) in [6, 6.07) is 9.35. The van der Waals surface area contributed by atoms with Crippen LogP contribution in [0.4, 0.5) is 10.5 Å². The SMILES string of the molecule is CN(C)c1ccc2cc(S(=O)(=O)N3CC(=O)NC3=O)ccc2c1. The van der Waals surface area contributed by atoms with E-state index in [0.717, 1.165) is 16.5 Å². The number of rotatable bonds is 3. The minimum Gasteiger partial charge on any atom is -0.378 e. The summed E-state index contributed by atoms with van der Waals surface area (Å²) in [5, 5.41) is 3.59. The first-order valence-corrected chi connectivity index (χ1v) is 8.31. The minimum absolute atomic E-state index is 0.0209. The molecule has 0 saturated carbocycles. The summed E-state index contributed by atoms with van der Waals surface area (Å²) < 4.78 is 25.6. The molecule has 1 saturated heterocycles. The van der Waals surface area contributed by atoms with Crippen molar-refractivity contribution in [1.82, 2.24) is 9.62 Å². The molecule has 1 fully saturated rings. The van der Waals surface area contributed by atoms with Crippen molar-refractivity contribution in [2.75, 3.05) is 25.5 Å². The third kappa shape index (κ3) is 2.61. The standard InChI is InChI=1S/C15H15N3O4S/c1-17(2)12-5-3-11-8-13(6-4-10(11)7-12)23(21,22)18-9-14(19)16-15(18)20/h3-8H,9H2,1-2H3,(H,16,19,20). The summed E-state index contributed by atoms with van der Waals surface area (Å²) in [4.78, 5) is 24.7. The number of benzene rings is 2. The highest BCUT2D eigenvalue weighted by atomic mass is 32.2. The second-order valence-electron chi connectivity index (χ2n) is 5.45. The molecule has 3 amide bonds. The van der Waals surface area contributed by atoms with E-state index in [1.807, 2.05) is 42.5 Å². The molecule has 1 N–H and O–H groups in total. The Morgan fingerprint density at radius 2 is 1.70 bits per heavy atom. The monoisotopic (exact) mass is 333 g/mol. The van der Waals surface area contributed by atoms with Gasteiger partial charge in [0.1, 0.15) is 6.54 Å². The second kappa shape index (κ2) is 5.24. The number of carbonyl (C=O) groups excluding carboxylic acids is 2. The maximum atomic E-state index is 12.5. The van der Waals surface area contributed by atoms with Crippen molar-refractivity contribution in [3.63, 3.8) is 0 Å². The van der Waals surface area contributed by atoms with E-state index < -0.39 is 28.5 Å². The Labute approximate surface area is 133 Å². The quantitative estimate of drug-likeness (QED) is 0.852. The van der Waals surface area contributed by atoms with Crippen molar-refractivity contribution in [3.05, 3.63) is 36.4 Å². The molecular weight excluding hydrogens is 318 g/mol. The number of hydrogen-bond acceptors (Lipinski definition) is 5. The van der Waals surface area contributed by atoms with Gasteiger partial charge in [0.15, 0.2) is 0 Å². The Morgan fingerprint density at radius 1 is 1.04 bits per heavy atom. The third-order valence-corrected chi connectivity index (χ3v) is 5.38. The van der Waals surface area contributed by atoms with E-state index >= 15 is 0 Å². The molecule has 1 aliphatic rings. The number of imide groups is 1. The lowest BCUT2D eigenvalue weighted by atomic mass is 10.1. The summed E-state index contributed by atoms with van der Waals surface area (Å²) in [6.45, 7) is -0.487. The lowest BCUT2D eigenvalue weighted by Gasteiger charge is -2.15. The van der Waals surface area contributed by atoms with Crippen LogP contribution in [-0.2, 0) is 14.8 Å². The van der Waals surface area contributed by atoms with E-state index in [1.165, 1.54) is 12.1 Å². The number of carbonyl (C=O) groups is 2. The number of hydrogen-bond donors (Lipinski definition) is 1. The van der Waals surface area contributed by atoms with Crippen LogP contribution >= 0.6 is 0 Å². The van der Waals surface area contributed by atoms with Crippen molar-refractivity contribution >= 4 is 38.4 Å². The van der Waals surface area contributed by atoms with Crippen LogP contribution in [0.15, 0.2) is 41.3 Å². The Balaban J connectivity index is 2.05. The van der Waals surface area contributed by atoms with Gasteiger partial charge in [0, 0.05) is 19.8 Å². The fourth-order valence-electron chi connectivity index (χ4n) is 2.39. The van der Waals surface area contributed by atoms with E-state index in [0.29, 0.717) is 4.31 Å². The zero-order chi connectivity index (χ0) is 16.8. The number of nitrogens with one attached hydrogen (secondary N) is 1. The fourth-order valence-corrected chi connectivity index (χ4v) is 3.72. The van der Waals surface area contributed by atoms with E-state index in [-0.39, 0.29) is 4.90 Å². The van der Waals surface area contributed by atoms with Crippen molar-refractivity contribution in [1.29, 1.82) is 0 Å². The maximum Gasteiger partial charge on any atom is 0.338 e. The van der Waals surface area contributed by atoms with Gasteiger partial charge >= 0.3 is 6.03 Å². The summed E-state index contributed by atoms with van der Waals surface area (Å²) in [5.41, 5.74) is 0.998. The normalized spacial score (nSPS) is 15.1. The van der Waals surface area contributed by atoms with Gasteiger partial charge in [0.05, 0.1) is 4.90 Å². The van der Waals surface area contributed by atoms with Crippen LogP contribution in [0.5, 0.6) is 0 Å². The minimum atomic E-state index is -4.05. The Morgan fingerprint density at radius 3 is 2.30 bits per heavy atom. The van der Waals surface area contributed by atoms with Crippen LogP contribution < -0.4 is 10.2 Å². The molecule has 0 unspecified atom stereocenters. The zero-order valence-electron chi connectivity index (χ0n) is 12.6. The second-order valence-corrected chi connectivity index (χ2v) is 7.32. The van der Waals surface area contributed by atoms with E-state index in [2.05, 4.69) is 0 Å². The van der Waals surface area contributed by atoms with Crippen molar-refractivity contribution in [2.45, 2.75) is 4.90 Å². The number of sulfonamides is 1. The van der Waals surface area contributed by atoms with Gasteiger partial charge in [0.2, 0.25) is 5.91 Å². The first kappa shape index (κ1) is 15.3. The predicted molar refractivity (Wildman–Crippen MR) is 85.7 cm³/mol. The highest BCUT2D eigenvalue weighted by Crippen LogP contribution is 2.26. The molecule has 0 atom stereocenters. The van der Waals surface area contributed by atoms with Crippen LogP contribution in [0.3, 0.4) is 0 Å². The molecule has 23 heavy (non-hydrogen) atoms. The number of amides is 3. The topological polar surface area (TPSA) is 86.8 Å². The van der Waals surface area contributed by atoms with Gasteiger partial charge in [-0.1, -0.05) is 12.1 Å². The molecule has 2 aromatic carbocycles. The molecule has 0 spiro atoms. The molecule has 0 bridgehead atoms. The lowest BCUT2D eigenvalue weighted by molar-refractivity contribution is -0.118. The third-order valence-electron chi connectivity index (χ3n) is 3.66. The van der Waals surface area contributed by atoms with Gasteiger partial charge in [0.25, 0.3) is 10.0 Å². The van der Waals surface area contributed by atoms with Crippen molar-refractivity contribution in [2.24, 2.45) is 0 Å². The summed E-state index contributed by atoms with van der Waals surface area (Å²) in [6.07, 6.45) is 0. The van der Waals surface area contributed by atoms with Gasteiger partial charge in [-0.15, -0.1) is 0 Å². The molecule has 8 heteroatoms. The molecule has 0 aliphatic carbocycles. The van der Waals surface area contributed by atoms with Crippen LogP contribution in [0.25, 0.3) is 10.8 Å². The number of fused-ring (bicyclic) bond motifs is 1. The molecule has 3 rings (SSSR count). The molecule has 1 heterocycles. The Hall–Kier alpha value is -2.61. The Kier molecular flexibility index (Phi) is 3.48. The summed E-state index contributed by atoms with van der Waals surface area (Å²) in [5.74, 6) is -0.630. The highest BCUT2D eigenvalue weighted by molar-refractivity contribution is 7.89. The van der Waals surface area contributed by atoms with Crippen molar-refractivity contribution in [3.8, 4) is 0 Å². The molecule has 2 aromatic rings. The number of urea groups is 1. The van der Waals surface area contributed by atoms with Crippen LogP contribution in [0.2, 0.25) is 0 Å². The lowest BCUT2D eigenvalue weighted by Crippen LogP contribution is -2.34. The van der Waals surface area contributed by atoms with Gasteiger partial charge < -0.3 is 4.90 Å². The van der Waals surface area contributed by atoms with Crippen LogP contribution in [-0.4, -0.2) is 45.3 Å². The van der Waals surface area contributed by atoms with Crippen molar-refractivity contribution < 1.29 is 18.0 Å². The van der Waals surface area contributed by atoms with Gasteiger partial charge in [-0.25, -0.2) is 17.5 Å². The van der Waals surface area contributed by atoms with Crippen LogP contribution in [0.1, 0.15) is 0 Å². The fraction of sp³-hybridized carbons (Fsp3) is 0.200. The molecular formula is C15H15N3O4S. The summed E-state index contributed by atoms with van der Waals surface area (Å²) in [7, 11) is -0.209. The molecule has 7 nitrogen and oxygen atoms in total. The first-order valence-electron chi connectivity index (χ1n) is 6.87. The van der Waals surface area contributed by atoms with E-state index in [4.69, 9.17) is 0 Å². The van der Waals surface area contributed by atoms with E-state index in [9.17, 15) is 18.0 Å². The number of nitrogens with zero attached hydrogens (tertiary/aromatic N) is 2. The first-order chi connectivity index (χ1) is 10.8. The highest BCUT2D eigenvalue weighted by Gasteiger charge is 2.37. The Bertz CT molecular complexity index is 921.